The van der Waals surface area contributed by atoms with Crippen molar-refractivity contribution in [3.05, 3.63) is 49.9 Å². The van der Waals surface area contributed by atoms with Crippen LogP contribution in [-0.4, -0.2) is 10.9 Å². The van der Waals surface area contributed by atoms with E-state index in [9.17, 15) is 4.79 Å². The Bertz CT molecular complexity index is 609. The zero-order chi connectivity index (χ0) is 14.0. The van der Waals surface area contributed by atoms with Crippen LogP contribution in [-0.2, 0) is 0 Å². The molecule has 19 heavy (non-hydrogen) atoms. The van der Waals surface area contributed by atoms with Gasteiger partial charge in [-0.05, 0) is 54.4 Å². The Morgan fingerprint density at radius 1 is 1.42 bits per heavy atom. The van der Waals surface area contributed by atoms with Crippen molar-refractivity contribution in [3.8, 4) is 0 Å². The molecular formula is C14H15BrN2OS. The molecule has 1 aromatic carbocycles. The van der Waals surface area contributed by atoms with Crippen molar-refractivity contribution in [2.45, 2.75) is 26.8 Å². The third-order valence-corrected chi connectivity index (χ3v) is 4.48. The lowest BCUT2D eigenvalue weighted by Gasteiger charge is -2.12. The summed E-state index contributed by atoms with van der Waals surface area (Å²) in [5.74, 6) is -0.0905. The number of hydrogen-bond acceptors (Lipinski definition) is 3. The minimum Gasteiger partial charge on any atom is -0.343 e. The third kappa shape index (κ3) is 3.42. The molecule has 2 aromatic rings. The lowest BCUT2D eigenvalue weighted by atomic mass is 10.1. The first-order chi connectivity index (χ1) is 8.97. The van der Waals surface area contributed by atoms with Crippen molar-refractivity contribution in [2.24, 2.45) is 0 Å². The first kappa shape index (κ1) is 14.2. The molecule has 0 aliphatic carbocycles. The van der Waals surface area contributed by atoms with Gasteiger partial charge in [0.15, 0.2) is 0 Å². The standard InChI is InChI=1S/C14H15BrN2OS/c1-8-4-5-11(12(15)6-8)13(18)17-10(3)14-16-7-9(2)19-14/h4-7,10H,1-3H3,(H,17,18). The molecule has 0 saturated carbocycles. The normalized spacial score (nSPS) is 12.2. The fourth-order valence-corrected chi connectivity index (χ4v) is 3.16. The second kappa shape index (κ2) is 5.84. The maximum atomic E-state index is 12.2. The van der Waals surface area contributed by atoms with Gasteiger partial charge in [0.25, 0.3) is 5.91 Å². The fourth-order valence-electron chi connectivity index (χ4n) is 1.71. The van der Waals surface area contributed by atoms with Crippen molar-refractivity contribution in [2.75, 3.05) is 0 Å². The van der Waals surface area contributed by atoms with E-state index in [2.05, 4.69) is 26.2 Å². The lowest BCUT2D eigenvalue weighted by Crippen LogP contribution is -2.26. The largest absolute Gasteiger partial charge is 0.343 e. The topological polar surface area (TPSA) is 42.0 Å². The first-order valence-corrected chi connectivity index (χ1v) is 7.57. The third-order valence-electron chi connectivity index (χ3n) is 2.73. The number of rotatable bonds is 3. The molecule has 1 N–H and O–H groups in total. The van der Waals surface area contributed by atoms with Gasteiger partial charge in [-0.15, -0.1) is 11.3 Å². The molecule has 0 saturated heterocycles. The van der Waals surface area contributed by atoms with E-state index in [4.69, 9.17) is 0 Å². The van der Waals surface area contributed by atoms with Crippen LogP contribution in [0.3, 0.4) is 0 Å². The van der Waals surface area contributed by atoms with Gasteiger partial charge < -0.3 is 5.32 Å². The van der Waals surface area contributed by atoms with Gasteiger partial charge in [0.05, 0.1) is 11.6 Å². The summed E-state index contributed by atoms with van der Waals surface area (Å²) in [5, 5.41) is 3.89. The Balaban J connectivity index is 2.12. The molecule has 1 unspecified atom stereocenters. The predicted molar refractivity (Wildman–Crippen MR) is 81.6 cm³/mol. The molecule has 0 aliphatic heterocycles. The molecule has 3 nitrogen and oxygen atoms in total. The highest BCUT2D eigenvalue weighted by Gasteiger charge is 2.15. The van der Waals surface area contributed by atoms with Gasteiger partial charge in [-0.2, -0.15) is 0 Å². The van der Waals surface area contributed by atoms with Crippen LogP contribution in [0.15, 0.2) is 28.9 Å². The lowest BCUT2D eigenvalue weighted by molar-refractivity contribution is 0.0939. The van der Waals surface area contributed by atoms with Gasteiger partial charge in [0, 0.05) is 15.5 Å². The van der Waals surface area contributed by atoms with Gasteiger partial charge >= 0.3 is 0 Å². The van der Waals surface area contributed by atoms with Crippen molar-refractivity contribution in [3.63, 3.8) is 0 Å². The Hall–Kier alpha value is -1.20. The number of aryl methyl sites for hydroxylation is 2. The summed E-state index contributed by atoms with van der Waals surface area (Å²) in [6, 6.07) is 5.61. The molecule has 100 valence electrons. The molecule has 0 fully saturated rings. The SMILES string of the molecule is Cc1ccc(C(=O)NC(C)c2ncc(C)s2)c(Br)c1. The van der Waals surface area contributed by atoms with Crippen LogP contribution < -0.4 is 5.32 Å². The van der Waals surface area contributed by atoms with Crippen LogP contribution in [0.5, 0.6) is 0 Å². The second-order valence-corrected chi connectivity index (χ2v) is 6.61. The van der Waals surface area contributed by atoms with E-state index in [-0.39, 0.29) is 11.9 Å². The number of aromatic nitrogens is 1. The van der Waals surface area contributed by atoms with Crippen molar-refractivity contribution >= 4 is 33.2 Å². The second-order valence-electron chi connectivity index (χ2n) is 4.49. The Morgan fingerprint density at radius 3 is 2.74 bits per heavy atom. The molecule has 0 bridgehead atoms. The van der Waals surface area contributed by atoms with Crippen LogP contribution in [0.2, 0.25) is 0 Å². The summed E-state index contributed by atoms with van der Waals surface area (Å²) in [7, 11) is 0. The minimum atomic E-state index is -0.0905. The average Bonchev–Trinajstić information content (AvgIpc) is 2.75. The summed E-state index contributed by atoms with van der Waals surface area (Å²) in [6.45, 7) is 5.94. The van der Waals surface area contributed by atoms with Crippen LogP contribution in [0.1, 0.15) is 38.8 Å². The van der Waals surface area contributed by atoms with E-state index >= 15 is 0 Å². The van der Waals surface area contributed by atoms with Crippen molar-refractivity contribution < 1.29 is 4.79 Å². The van der Waals surface area contributed by atoms with Crippen LogP contribution in [0.4, 0.5) is 0 Å². The van der Waals surface area contributed by atoms with Gasteiger partial charge in [-0.1, -0.05) is 6.07 Å². The van der Waals surface area contributed by atoms with Gasteiger partial charge in [-0.25, -0.2) is 4.98 Å². The summed E-state index contributed by atoms with van der Waals surface area (Å²) < 4.78 is 0.813. The van der Waals surface area contributed by atoms with E-state index in [1.165, 1.54) is 0 Å². The maximum absolute atomic E-state index is 12.2. The smallest absolute Gasteiger partial charge is 0.252 e. The number of amides is 1. The number of nitrogens with zero attached hydrogens (tertiary/aromatic N) is 1. The highest BCUT2D eigenvalue weighted by molar-refractivity contribution is 9.10. The van der Waals surface area contributed by atoms with Gasteiger partial charge in [0.2, 0.25) is 0 Å². The van der Waals surface area contributed by atoms with Crippen LogP contribution in [0.25, 0.3) is 0 Å². The maximum Gasteiger partial charge on any atom is 0.252 e. The Kier molecular flexibility index (Phi) is 4.37. The summed E-state index contributed by atoms with van der Waals surface area (Å²) in [5.41, 5.74) is 1.76. The highest BCUT2D eigenvalue weighted by atomic mass is 79.9. The van der Waals surface area contributed by atoms with E-state index in [0.717, 1.165) is 19.9 Å². The molecular weight excluding hydrogens is 324 g/mol. The minimum absolute atomic E-state index is 0.0839. The molecule has 0 spiro atoms. The molecule has 0 radical (unpaired) electrons. The van der Waals surface area contributed by atoms with Crippen LogP contribution >= 0.6 is 27.3 Å². The van der Waals surface area contributed by atoms with E-state index in [1.807, 2.05) is 45.2 Å². The number of nitrogens with one attached hydrogen (secondary N) is 1. The Morgan fingerprint density at radius 2 is 2.16 bits per heavy atom. The molecule has 1 amide bonds. The number of thiazole rings is 1. The zero-order valence-electron chi connectivity index (χ0n) is 11.0. The number of hydrogen-bond donors (Lipinski definition) is 1. The van der Waals surface area contributed by atoms with Crippen molar-refractivity contribution in [1.82, 2.24) is 10.3 Å². The molecule has 2 rings (SSSR count). The quantitative estimate of drug-likeness (QED) is 0.918. The van der Waals surface area contributed by atoms with E-state index in [0.29, 0.717) is 5.56 Å². The first-order valence-electron chi connectivity index (χ1n) is 5.96. The van der Waals surface area contributed by atoms with Gasteiger partial charge in [0.1, 0.15) is 5.01 Å². The van der Waals surface area contributed by atoms with Gasteiger partial charge in [-0.3, -0.25) is 4.79 Å². The molecule has 1 heterocycles. The summed E-state index contributed by atoms with van der Waals surface area (Å²) >= 11 is 5.03. The number of halogens is 1. The van der Waals surface area contributed by atoms with E-state index in [1.54, 1.807) is 11.3 Å². The summed E-state index contributed by atoms with van der Waals surface area (Å²) in [4.78, 5) is 17.6. The predicted octanol–water partition coefficient (Wildman–Crippen LogP) is 4.01. The number of carbonyl (C=O) groups excluding carboxylic acids is 1. The number of benzene rings is 1. The molecule has 1 atom stereocenters. The highest BCUT2D eigenvalue weighted by Crippen LogP contribution is 2.22. The van der Waals surface area contributed by atoms with E-state index < -0.39 is 0 Å². The Labute approximate surface area is 125 Å². The monoisotopic (exact) mass is 338 g/mol. The zero-order valence-corrected chi connectivity index (χ0v) is 13.4. The molecule has 5 heteroatoms. The van der Waals surface area contributed by atoms with Crippen molar-refractivity contribution in [1.29, 1.82) is 0 Å². The van der Waals surface area contributed by atoms with Crippen LogP contribution in [0, 0.1) is 13.8 Å². The number of carbonyl (C=O) groups is 1. The fraction of sp³-hybridized carbons (Fsp3) is 0.286. The average molecular weight is 339 g/mol. The molecule has 1 aromatic heterocycles. The molecule has 0 aliphatic rings. The summed E-state index contributed by atoms with van der Waals surface area (Å²) in [6.07, 6.45) is 1.82.